The molecule has 3 N–H and O–H groups in total. The first kappa shape index (κ1) is 10.7. The highest BCUT2D eigenvalue weighted by molar-refractivity contribution is 5.73. The first-order valence-corrected chi connectivity index (χ1v) is 4.25. The SMILES string of the molecule is NC(Cc1ccc(C[18F])cc1)C(=O)O. The number of hydrogen-bond donors (Lipinski definition) is 2. The molecule has 0 aromatic heterocycles. The third kappa shape index (κ3) is 2.81. The van der Waals surface area contributed by atoms with E-state index in [1.54, 1.807) is 24.3 Å². The van der Waals surface area contributed by atoms with Crippen molar-refractivity contribution in [3.8, 4) is 0 Å². The molecule has 0 aliphatic carbocycles. The van der Waals surface area contributed by atoms with Crippen LogP contribution in [0.3, 0.4) is 0 Å². The lowest BCUT2D eigenvalue weighted by Crippen LogP contribution is -2.32. The smallest absolute Gasteiger partial charge is 0.320 e. The van der Waals surface area contributed by atoms with Gasteiger partial charge in [-0.3, -0.25) is 4.79 Å². The van der Waals surface area contributed by atoms with Gasteiger partial charge in [0.1, 0.15) is 12.7 Å². The molecule has 1 atom stereocenters. The zero-order chi connectivity index (χ0) is 10.6. The van der Waals surface area contributed by atoms with Gasteiger partial charge in [-0.1, -0.05) is 24.3 Å². The molecule has 4 heteroatoms. The Kier molecular flexibility index (Phi) is 3.59. The Balaban J connectivity index is 2.64. The van der Waals surface area contributed by atoms with Gasteiger partial charge in [0.2, 0.25) is 0 Å². The molecule has 0 saturated carbocycles. The second-order valence-corrected chi connectivity index (χ2v) is 3.10. The standard InChI is InChI=1S/C10H12FNO2/c11-6-8-3-1-7(2-4-8)5-9(12)10(13)14/h1-4,9H,5-6,12H2,(H,13,14)/i11-1. The van der Waals surface area contributed by atoms with Crippen molar-refractivity contribution < 1.29 is 14.3 Å². The Morgan fingerprint density at radius 1 is 1.36 bits per heavy atom. The predicted octanol–water partition coefficient (Wildman–Crippen LogP) is 1.11. The second-order valence-electron chi connectivity index (χ2n) is 3.10. The summed E-state index contributed by atoms with van der Waals surface area (Å²) < 4.78 is 12.1. The van der Waals surface area contributed by atoms with Gasteiger partial charge in [-0.25, -0.2) is 4.39 Å². The molecule has 1 unspecified atom stereocenters. The van der Waals surface area contributed by atoms with Crippen LogP contribution in [0.1, 0.15) is 11.1 Å². The Morgan fingerprint density at radius 2 is 1.86 bits per heavy atom. The van der Waals surface area contributed by atoms with Crippen LogP contribution < -0.4 is 5.73 Å². The van der Waals surface area contributed by atoms with Gasteiger partial charge < -0.3 is 10.8 Å². The molecule has 0 bridgehead atoms. The molecule has 0 radical (unpaired) electrons. The molecule has 0 fully saturated rings. The number of carbonyl (C=O) groups is 1. The molecule has 14 heavy (non-hydrogen) atoms. The molecule has 0 amide bonds. The van der Waals surface area contributed by atoms with Crippen molar-refractivity contribution in [2.45, 2.75) is 19.1 Å². The van der Waals surface area contributed by atoms with E-state index < -0.39 is 18.7 Å². The topological polar surface area (TPSA) is 63.3 Å². The Bertz CT molecular complexity index is 310. The van der Waals surface area contributed by atoms with Crippen LogP contribution in [0.2, 0.25) is 0 Å². The minimum absolute atomic E-state index is 0.266. The third-order valence-electron chi connectivity index (χ3n) is 1.95. The summed E-state index contributed by atoms with van der Waals surface area (Å²) in [5.41, 5.74) is 6.73. The van der Waals surface area contributed by atoms with Crippen LogP contribution in [0.25, 0.3) is 0 Å². The largest absolute Gasteiger partial charge is 0.480 e. The summed E-state index contributed by atoms with van der Waals surface area (Å²) in [5, 5.41) is 8.56. The number of aliphatic carboxylic acids is 1. The average molecular weight is 196 g/mol. The highest BCUT2D eigenvalue weighted by atomic mass is 18.2. The van der Waals surface area contributed by atoms with Crippen molar-refractivity contribution in [2.24, 2.45) is 5.73 Å². The third-order valence-corrected chi connectivity index (χ3v) is 1.95. The van der Waals surface area contributed by atoms with Crippen LogP contribution >= 0.6 is 0 Å². The number of carboxylic acid groups (broad SMARTS) is 1. The number of carboxylic acids is 1. The molecule has 3 nitrogen and oxygen atoms in total. The molecule has 1 aromatic rings. The van der Waals surface area contributed by atoms with Gasteiger partial charge in [-0.05, 0) is 17.5 Å². The van der Waals surface area contributed by atoms with E-state index in [4.69, 9.17) is 10.8 Å². The van der Waals surface area contributed by atoms with Crippen molar-refractivity contribution in [3.05, 3.63) is 35.4 Å². The second kappa shape index (κ2) is 4.72. The summed E-state index contributed by atoms with van der Waals surface area (Å²) in [6.45, 7) is -0.509. The summed E-state index contributed by atoms with van der Waals surface area (Å²) >= 11 is 0. The van der Waals surface area contributed by atoms with Gasteiger partial charge in [0.25, 0.3) is 0 Å². The minimum Gasteiger partial charge on any atom is -0.480 e. The van der Waals surface area contributed by atoms with Gasteiger partial charge in [-0.2, -0.15) is 0 Å². The molecular weight excluding hydrogens is 184 g/mol. The van der Waals surface area contributed by atoms with Crippen molar-refractivity contribution in [3.63, 3.8) is 0 Å². The van der Waals surface area contributed by atoms with Crippen LogP contribution in [0.15, 0.2) is 24.3 Å². The molecule has 1 rings (SSSR count). The van der Waals surface area contributed by atoms with E-state index in [1.165, 1.54) is 0 Å². The summed E-state index contributed by atoms with van der Waals surface area (Å²) in [5.74, 6) is -1.03. The average Bonchev–Trinajstić information content (AvgIpc) is 2.19. The number of halogens is 1. The Morgan fingerprint density at radius 3 is 2.29 bits per heavy atom. The van der Waals surface area contributed by atoms with E-state index in [0.717, 1.165) is 5.56 Å². The Hall–Kier alpha value is -1.42. The maximum atomic E-state index is 12.1. The fraction of sp³-hybridized carbons (Fsp3) is 0.300. The van der Waals surface area contributed by atoms with E-state index >= 15 is 0 Å². The summed E-state index contributed by atoms with van der Waals surface area (Å²) in [6, 6.07) is 5.75. The van der Waals surface area contributed by atoms with Crippen LogP contribution in [0.4, 0.5) is 4.39 Å². The highest BCUT2D eigenvalue weighted by Crippen LogP contribution is 2.07. The fourth-order valence-corrected chi connectivity index (χ4v) is 1.11. The van der Waals surface area contributed by atoms with Crippen molar-refractivity contribution in [2.75, 3.05) is 0 Å². The van der Waals surface area contributed by atoms with E-state index in [1.807, 2.05) is 0 Å². The van der Waals surface area contributed by atoms with E-state index in [9.17, 15) is 9.18 Å². The molecule has 0 spiro atoms. The molecule has 0 heterocycles. The lowest BCUT2D eigenvalue weighted by molar-refractivity contribution is -0.138. The lowest BCUT2D eigenvalue weighted by atomic mass is 10.1. The molecule has 0 aliphatic heterocycles. The van der Waals surface area contributed by atoms with E-state index in [-0.39, 0.29) is 6.42 Å². The van der Waals surface area contributed by atoms with Crippen LogP contribution in [0.5, 0.6) is 0 Å². The quantitative estimate of drug-likeness (QED) is 0.758. The minimum atomic E-state index is -1.03. The monoisotopic (exact) mass is 196 g/mol. The lowest BCUT2D eigenvalue weighted by Gasteiger charge is -2.06. The number of rotatable bonds is 4. The van der Waals surface area contributed by atoms with Gasteiger partial charge >= 0.3 is 5.97 Å². The highest BCUT2D eigenvalue weighted by Gasteiger charge is 2.11. The number of hydrogen-bond acceptors (Lipinski definition) is 2. The summed E-state index contributed by atoms with van der Waals surface area (Å²) in [4.78, 5) is 10.4. The number of benzene rings is 1. The maximum Gasteiger partial charge on any atom is 0.320 e. The maximum absolute atomic E-state index is 12.1. The van der Waals surface area contributed by atoms with Gasteiger partial charge in [0.15, 0.2) is 0 Å². The normalized spacial score (nSPS) is 12.4. The first-order valence-electron chi connectivity index (χ1n) is 4.25. The first-order chi connectivity index (χ1) is 6.63. The predicted molar refractivity (Wildman–Crippen MR) is 50.6 cm³/mol. The van der Waals surface area contributed by atoms with Crippen molar-refractivity contribution >= 4 is 5.97 Å². The fourth-order valence-electron chi connectivity index (χ4n) is 1.11. The molecule has 0 saturated heterocycles. The summed E-state index contributed by atoms with van der Waals surface area (Å²) in [6.07, 6.45) is 0.266. The molecule has 0 aliphatic rings. The van der Waals surface area contributed by atoms with Gasteiger partial charge in [-0.15, -0.1) is 0 Å². The van der Waals surface area contributed by atoms with Gasteiger partial charge in [0, 0.05) is 0 Å². The van der Waals surface area contributed by atoms with Crippen LogP contribution in [-0.2, 0) is 17.9 Å². The van der Waals surface area contributed by atoms with Crippen LogP contribution in [0, 0.1) is 0 Å². The van der Waals surface area contributed by atoms with Crippen LogP contribution in [-0.4, -0.2) is 17.1 Å². The molecule has 1 aromatic carbocycles. The zero-order valence-electron chi connectivity index (χ0n) is 7.61. The number of alkyl halides is 1. The van der Waals surface area contributed by atoms with E-state index in [0.29, 0.717) is 5.56 Å². The molecular formula is C10H12FNO2. The van der Waals surface area contributed by atoms with Gasteiger partial charge in [0.05, 0.1) is 0 Å². The zero-order valence-corrected chi connectivity index (χ0v) is 7.61. The summed E-state index contributed by atoms with van der Waals surface area (Å²) in [7, 11) is 0. The Labute approximate surface area is 81.4 Å². The van der Waals surface area contributed by atoms with Crippen molar-refractivity contribution in [1.29, 1.82) is 0 Å². The molecule has 76 valence electrons. The number of nitrogens with two attached hydrogens (primary N) is 1. The van der Waals surface area contributed by atoms with Crippen molar-refractivity contribution in [1.82, 2.24) is 0 Å². The van der Waals surface area contributed by atoms with E-state index in [2.05, 4.69) is 0 Å².